The van der Waals surface area contributed by atoms with Crippen molar-refractivity contribution in [3.8, 4) is 22.9 Å². The van der Waals surface area contributed by atoms with E-state index in [1.165, 1.54) is 4.31 Å². The van der Waals surface area contributed by atoms with E-state index in [-0.39, 0.29) is 11.4 Å². The van der Waals surface area contributed by atoms with Crippen LogP contribution in [0.1, 0.15) is 11.1 Å². The highest BCUT2D eigenvalue weighted by Crippen LogP contribution is 2.35. The number of fused-ring (bicyclic) bond motifs is 2. The highest BCUT2D eigenvalue weighted by atomic mass is 32.2. The van der Waals surface area contributed by atoms with Crippen molar-refractivity contribution in [2.24, 2.45) is 0 Å². The third kappa shape index (κ3) is 3.51. The highest BCUT2D eigenvalue weighted by Gasteiger charge is 2.29. The predicted molar refractivity (Wildman–Crippen MR) is 122 cm³/mol. The molecular weight excluding hydrogens is 426 g/mol. The van der Waals surface area contributed by atoms with Crippen LogP contribution in [0.4, 0.5) is 0 Å². The average Bonchev–Trinajstić information content (AvgIpc) is 3.27. The number of ether oxygens (including phenoxy) is 2. The van der Waals surface area contributed by atoms with Gasteiger partial charge >= 0.3 is 0 Å². The number of methoxy groups -OCH3 is 2. The van der Waals surface area contributed by atoms with Crippen molar-refractivity contribution < 1.29 is 17.9 Å². The van der Waals surface area contributed by atoms with Crippen LogP contribution < -0.4 is 9.47 Å². The van der Waals surface area contributed by atoms with Crippen molar-refractivity contribution in [1.82, 2.24) is 14.3 Å². The number of rotatable bonds is 5. The summed E-state index contributed by atoms with van der Waals surface area (Å²) in [5.41, 5.74) is 4.36. The minimum Gasteiger partial charge on any atom is -0.493 e. The molecule has 0 fully saturated rings. The monoisotopic (exact) mass is 449 g/mol. The van der Waals surface area contributed by atoms with Crippen molar-refractivity contribution in [3.05, 3.63) is 71.8 Å². The van der Waals surface area contributed by atoms with Gasteiger partial charge in [-0.05, 0) is 47.9 Å². The molecule has 0 amide bonds. The van der Waals surface area contributed by atoms with Gasteiger partial charge in [0, 0.05) is 18.7 Å². The van der Waals surface area contributed by atoms with Crippen molar-refractivity contribution >= 4 is 21.1 Å². The lowest BCUT2D eigenvalue weighted by molar-refractivity contribution is 0.348. The van der Waals surface area contributed by atoms with Gasteiger partial charge in [0.05, 0.1) is 30.1 Å². The van der Waals surface area contributed by atoms with Crippen molar-refractivity contribution in [1.29, 1.82) is 0 Å². The van der Waals surface area contributed by atoms with Gasteiger partial charge < -0.3 is 14.5 Å². The first kappa shape index (κ1) is 20.5. The Morgan fingerprint density at radius 1 is 0.938 bits per heavy atom. The number of sulfonamides is 1. The Labute approximate surface area is 186 Å². The Kier molecular flexibility index (Phi) is 5.11. The summed E-state index contributed by atoms with van der Waals surface area (Å²) in [5, 5.41) is 0. The van der Waals surface area contributed by atoms with Gasteiger partial charge in [-0.2, -0.15) is 4.31 Å². The molecule has 32 heavy (non-hydrogen) atoms. The minimum atomic E-state index is -3.67. The van der Waals surface area contributed by atoms with E-state index < -0.39 is 10.0 Å². The Bertz CT molecular complexity index is 1400. The summed E-state index contributed by atoms with van der Waals surface area (Å²) in [5.74, 6) is 1.96. The van der Waals surface area contributed by atoms with E-state index in [2.05, 4.69) is 9.97 Å². The minimum absolute atomic E-state index is 0.247. The molecular formula is C24H23N3O4S. The van der Waals surface area contributed by atoms with E-state index in [0.717, 1.165) is 22.2 Å². The van der Waals surface area contributed by atoms with E-state index in [0.29, 0.717) is 35.8 Å². The van der Waals surface area contributed by atoms with E-state index in [1.807, 2.05) is 42.5 Å². The smallest absolute Gasteiger partial charge is 0.243 e. The molecule has 0 spiro atoms. The molecule has 164 valence electrons. The maximum atomic E-state index is 13.4. The molecule has 3 aromatic carbocycles. The standard InChI is InChI=1S/C24H23N3O4S/c1-30-22-12-17-10-11-27(15-18(17)13-23(22)31-2)32(28,29)19-8-9-20-21(14-19)26-24(25-20)16-6-4-3-5-7-16/h3-9,12-14H,10-11,15H2,1-2H3,(H,25,26). The molecule has 1 aromatic heterocycles. The van der Waals surface area contributed by atoms with Crippen LogP contribution in [0.15, 0.2) is 65.6 Å². The van der Waals surface area contributed by atoms with Gasteiger partial charge in [0.15, 0.2) is 11.5 Å². The zero-order chi connectivity index (χ0) is 22.3. The molecule has 1 aliphatic heterocycles. The molecule has 5 rings (SSSR count). The molecule has 8 heteroatoms. The topological polar surface area (TPSA) is 84.5 Å². The Morgan fingerprint density at radius 2 is 1.66 bits per heavy atom. The fourth-order valence-corrected chi connectivity index (χ4v) is 5.54. The van der Waals surface area contributed by atoms with Crippen molar-refractivity contribution in [3.63, 3.8) is 0 Å². The summed E-state index contributed by atoms with van der Waals surface area (Å²) in [6, 6.07) is 18.6. The normalized spacial score (nSPS) is 14.3. The summed E-state index contributed by atoms with van der Waals surface area (Å²) in [6.45, 7) is 0.690. The quantitative estimate of drug-likeness (QED) is 0.498. The molecule has 0 bridgehead atoms. The van der Waals surface area contributed by atoms with Gasteiger partial charge in [0.2, 0.25) is 10.0 Å². The second-order valence-electron chi connectivity index (χ2n) is 7.69. The van der Waals surface area contributed by atoms with Crippen molar-refractivity contribution in [2.45, 2.75) is 17.9 Å². The molecule has 0 aliphatic carbocycles. The lowest BCUT2D eigenvalue weighted by Crippen LogP contribution is -2.36. The van der Waals surface area contributed by atoms with Gasteiger partial charge in [-0.1, -0.05) is 30.3 Å². The summed E-state index contributed by atoms with van der Waals surface area (Å²) in [7, 11) is -0.503. The zero-order valence-corrected chi connectivity index (χ0v) is 18.6. The average molecular weight is 450 g/mol. The number of aromatic amines is 1. The molecule has 0 saturated carbocycles. The number of benzene rings is 3. The third-order valence-corrected chi connectivity index (χ3v) is 7.66. The van der Waals surface area contributed by atoms with Crippen LogP contribution in [0, 0.1) is 0 Å². The van der Waals surface area contributed by atoms with Crippen LogP contribution in [0.25, 0.3) is 22.4 Å². The molecule has 0 saturated heterocycles. The third-order valence-electron chi connectivity index (χ3n) is 5.82. The van der Waals surface area contributed by atoms with Crippen LogP contribution in [0.3, 0.4) is 0 Å². The number of hydrogen-bond acceptors (Lipinski definition) is 5. The summed E-state index contributed by atoms with van der Waals surface area (Å²) >= 11 is 0. The predicted octanol–water partition coefficient (Wildman–Crippen LogP) is 3.99. The van der Waals surface area contributed by atoms with E-state index in [1.54, 1.807) is 32.4 Å². The molecule has 0 unspecified atom stereocenters. The summed E-state index contributed by atoms with van der Waals surface area (Å²) in [4.78, 5) is 8.09. The van der Waals surface area contributed by atoms with Gasteiger partial charge in [-0.25, -0.2) is 13.4 Å². The van der Waals surface area contributed by atoms with Crippen molar-refractivity contribution in [2.75, 3.05) is 20.8 Å². The van der Waals surface area contributed by atoms with Crippen LogP contribution in [-0.2, 0) is 23.0 Å². The fourth-order valence-electron chi connectivity index (χ4n) is 4.09. The van der Waals surface area contributed by atoms with Gasteiger partial charge in [0.25, 0.3) is 0 Å². The van der Waals surface area contributed by atoms with Crippen LogP contribution >= 0.6 is 0 Å². The number of nitrogens with zero attached hydrogens (tertiary/aromatic N) is 2. The second kappa shape index (κ2) is 7.96. The molecule has 2 heterocycles. The first-order valence-corrected chi connectivity index (χ1v) is 11.7. The number of nitrogens with one attached hydrogen (secondary N) is 1. The van der Waals surface area contributed by atoms with Gasteiger partial charge in [-0.15, -0.1) is 0 Å². The van der Waals surface area contributed by atoms with Crippen LogP contribution in [-0.4, -0.2) is 43.5 Å². The molecule has 1 N–H and O–H groups in total. The molecule has 4 aromatic rings. The Balaban J connectivity index is 1.47. The number of H-pyrrole nitrogens is 1. The number of aromatic nitrogens is 2. The fraction of sp³-hybridized carbons (Fsp3) is 0.208. The van der Waals surface area contributed by atoms with Gasteiger partial charge in [-0.3, -0.25) is 0 Å². The highest BCUT2D eigenvalue weighted by molar-refractivity contribution is 7.89. The van der Waals surface area contributed by atoms with Crippen LogP contribution in [0.2, 0.25) is 0 Å². The Hall–Kier alpha value is -3.36. The Morgan fingerprint density at radius 3 is 2.38 bits per heavy atom. The SMILES string of the molecule is COc1cc2c(cc1OC)CN(S(=O)(=O)c1ccc3nc(-c4ccccc4)[nH]c3c1)CC2. The zero-order valence-electron chi connectivity index (χ0n) is 17.8. The maximum Gasteiger partial charge on any atom is 0.243 e. The lowest BCUT2D eigenvalue weighted by Gasteiger charge is -2.29. The first-order valence-electron chi connectivity index (χ1n) is 10.3. The molecule has 0 radical (unpaired) electrons. The largest absolute Gasteiger partial charge is 0.493 e. The first-order chi connectivity index (χ1) is 15.5. The van der Waals surface area contributed by atoms with E-state index in [4.69, 9.17) is 9.47 Å². The summed E-state index contributed by atoms with van der Waals surface area (Å²) < 4.78 is 39.1. The maximum absolute atomic E-state index is 13.4. The summed E-state index contributed by atoms with van der Waals surface area (Å²) in [6.07, 6.45) is 0.610. The van der Waals surface area contributed by atoms with E-state index in [9.17, 15) is 8.42 Å². The van der Waals surface area contributed by atoms with E-state index >= 15 is 0 Å². The second-order valence-corrected chi connectivity index (χ2v) is 9.63. The van der Waals surface area contributed by atoms with Crippen LogP contribution in [0.5, 0.6) is 11.5 Å². The number of imidazole rings is 1. The van der Waals surface area contributed by atoms with Gasteiger partial charge in [0.1, 0.15) is 5.82 Å². The molecule has 0 atom stereocenters. The number of hydrogen-bond donors (Lipinski definition) is 1. The molecule has 1 aliphatic rings. The lowest BCUT2D eigenvalue weighted by atomic mass is 10.0. The molecule has 7 nitrogen and oxygen atoms in total.